The lowest BCUT2D eigenvalue weighted by molar-refractivity contribution is -0.285. The molecule has 30 heavy (non-hydrogen) atoms. The summed E-state index contributed by atoms with van der Waals surface area (Å²) < 4.78 is 15.4. The molecule has 5 N–H and O–H groups in total. The average Bonchev–Trinajstić information content (AvgIpc) is 2.74. The van der Waals surface area contributed by atoms with Crippen LogP contribution in [-0.2, 0) is 14.2 Å². The number of aliphatic hydroxyl groups is 3. The van der Waals surface area contributed by atoms with Crippen molar-refractivity contribution in [2.75, 3.05) is 6.61 Å². The molecule has 5 atom stereocenters. The molecule has 0 spiro atoms. The zero-order chi connectivity index (χ0) is 21.8. The van der Waals surface area contributed by atoms with E-state index in [0.717, 1.165) is 0 Å². The monoisotopic (exact) mass is 420 g/mol. The van der Waals surface area contributed by atoms with Crippen molar-refractivity contribution in [1.82, 2.24) is 0 Å². The molecule has 0 unspecified atom stereocenters. The van der Waals surface area contributed by atoms with E-state index in [4.69, 9.17) is 14.2 Å². The van der Waals surface area contributed by atoms with Gasteiger partial charge in [0.2, 0.25) is 6.29 Å². The Labute approximate surface area is 170 Å². The zero-order valence-corrected chi connectivity index (χ0v) is 15.5. The lowest BCUT2D eigenvalue weighted by Gasteiger charge is -2.39. The number of aliphatic hydroxyl groups excluding tert-OH is 3. The summed E-state index contributed by atoms with van der Waals surface area (Å²) in [5.41, 5.74) is 0.188. The largest absolute Gasteiger partial charge is 0.508 e. The van der Waals surface area contributed by atoms with Crippen LogP contribution in [0.15, 0.2) is 48.5 Å². The van der Waals surface area contributed by atoms with Gasteiger partial charge in [-0.2, -0.15) is 0 Å². The first-order valence-corrected chi connectivity index (χ1v) is 8.92. The first-order valence-electron chi connectivity index (χ1n) is 8.92. The molecule has 160 valence electrons. The average molecular weight is 420 g/mol. The van der Waals surface area contributed by atoms with Gasteiger partial charge >= 0.3 is 11.9 Å². The number of carbonyl (C=O) groups excluding carboxylic acids is 2. The van der Waals surface area contributed by atoms with Crippen LogP contribution in [0.3, 0.4) is 0 Å². The van der Waals surface area contributed by atoms with Crippen LogP contribution >= 0.6 is 0 Å². The molecule has 1 fully saturated rings. The highest BCUT2D eigenvalue weighted by Crippen LogP contribution is 2.24. The molecule has 1 aliphatic rings. The van der Waals surface area contributed by atoms with Gasteiger partial charge in [0, 0.05) is 0 Å². The molecule has 0 saturated carbocycles. The Kier molecular flexibility index (Phi) is 6.53. The summed E-state index contributed by atoms with van der Waals surface area (Å²) in [6.07, 6.45) is -8.01. The highest BCUT2D eigenvalue weighted by molar-refractivity contribution is 5.90. The summed E-state index contributed by atoms with van der Waals surface area (Å²) in [5, 5.41) is 48.7. The lowest BCUT2D eigenvalue weighted by Crippen LogP contribution is -2.59. The third kappa shape index (κ3) is 4.86. The number of carbonyl (C=O) groups is 2. The van der Waals surface area contributed by atoms with E-state index >= 15 is 0 Å². The molecule has 1 aliphatic heterocycles. The molecule has 2 aromatic carbocycles. The number of benzene rings is 2. The van der Waals surface area contributed by atoms with E-state index in [9.17, 15) is 35.1 Å². The second-order valence-electron chi connectivity index (χ2n) is 6.61. The molecule has 0 bridgehead atoms. The standard InChI is InChI=1S/C20H20O10/c21-12-5-1-10(2-6-12)18(26)28-9-14-15(23)16(24)17(25)20(29-14)30-19(27)11-3-7-13(22)8-4-11/h1-8,14-17,20-25H,9H2/t14-,15-,16+,17-,20-/m1/s1. The molecule has 0 amide bonds. The quantitative estimate of drug-likeness (QED) is 0.413. The van der Waals surface area contributed by atoms with Gasteiger partial charge in [-0.1, -0.05) is 0 Å². The number of aromatic hydroxyl groups is 2. The van der Waals surface area contributed by atoms with E-state index < -0.39 is 49.3 Å². The minimum Gasteiger partial charge on any atom is -0.508 e. The Hall–Kier alpha value is -3.18. The summed E-state index contributed by atoms with van der Waals surface area (Å²) in [4.78, 5) is 24.3. The fourth-order valence-corrected chi connectivity index (χ4v) is 2.76. The van der Waals surface area contributed by atoms with Gasteiger partial charge in [0.25, 0.3) is 0 Å². The van der Waals surface area contributed by atoms with Crippen LogP contribution in [-0.4, -0.2) is 74.8 Å². The molecule has 0 aromatic heterocycles. The van der Waals surface area contributed by atoms with Crippen LogP contribution in [0.25, 0.3) is 0 Å². The molecule has 3 rings (SSSR count). The molecule has 1 heterocycles. The summed E-state index contributed by atoms with van der Waals surface area (Å²) >= 11 is 0. The highest BCUT2D eigenvalue weighted by atomic mass is 16.7. The summed E-state index contributed by atoms with van der Waals surface area (Å²) in [5.74, 6) is -1.77. The smallest absolute Gasteiger partial charge is 0.340 e. The molecule has 10 nitrogen and oxygen atoms in total. The molecule has 0 radical (unpaired) electrons. The SMILES string of the molecule is O=C(OC[C@H]1O[C@H](OC(=O)c2ccc(O)cc2)[C@H](O)[C@@H](O)[C@@H]1O)c1ccc(O)cc1. The van der Waals surface area contributed by atoms with Crippen LogP contribution in [0.2, 0.25) is 0 Å². The Balaban J connectivity index is 1.63. The fraction of sp³-hybridized carbons (Fsp3) is 0.300. The van der Waals surface area contributed by atoms with Crippen molar-refractivity contribution in [3.05, 3.63) is 59.7 Å². The third-order valence-corrected chi connectivity index (χ3v) is 4.48. The highest BCUT2D eigenvalue weighted by Gasteiger charge is 2.46. The number of hydrogen-bond donors (Lipinski definition) is 5. The Morgan fingerprint density at radius 3 is 1.80 bits per heavy atom. The van der Waals surface area contributed by atoms with Crippen molar-refractivity contribution < 1.29 is 49.3 Å². The minimum absolute atomic E-state index is 0.0343. The van der Waals surface area contributed by atoms with E-state index in [1.54, 1.807) is 0 Å². The Morgan fingerprint density at radius 2 is 1.27 bits per heavy atom. The molecule has 10 heteroatoms. The third-order valence-electron chi connectivity index (χ3n) is 4.48. The van der Waals surface area contributed by atoms with Gasteiger partial charge < -0.3 is 39.7 Å². The van der Waals surface area contributed by atoms with E-state index in [-0.39, 0.29) is 22.6 Å². The summed E-state index contributed by atoms with van der Waals surface area (Å²) in [6, 6.07) is 10.3. The maximum absolute atomic E-state index is 12.2. The van der Waals surface area contributed by atoms with Crippen molar-refractivity contribution in [3.8, 4) is 11.5 Å². The van der Waals surface area contributed by atoms with E-state index in [2.05, 4.69) is 0 Å². The van der Waals surface area contributed by atoms with Gasteiger partial charge in [-0.25, -0.2) is 9.59 Å². The topological polar surface area (TPSA) is 163 Å². The van der Waals surface area contributed by atoms with Crippen molar-refractivity contribution in [2.45, 2.75) is 30.7 Å². The van der Waals surface area contributed by atoms with Crippen molar-refractivity contribution in [2.24, 2.45) is 0 Å². The van der Waals surface area contributed by atoms with Crippen LogP contribution < -0.4 is 0 Å². The van der Waals surface area contributed by atoms with Gasteiger partial charge in [-0.3, -0.25) is 0 Å². The fourth-order valence-electron chi connectivity index (χ4n) is 2.76. The van der Waals surface area contributed by atoms with Gasteiger partial charge in [-0.05, 0) is 48.5 Å². The number of rotatable bonds is 5. The summed E-state index contributed by atoms with van der Waals surface area (Å²) in [7, 11) is 0. The van der Waals surface area contributed by atoms with Crippen molar-refractivity contribution in [3.63, 3.8) is 0 Å². The Bertz CT molecular complexity index is 877. The molecule has 2 aromatic rings. The maximum atomic E-state index is 12.2. The van der Waals surface area contributed by atoms with E-state index in [1.807, 2.05) is 0 Å². The maximum Gasteiger partial charge on any atom is 0.340 e. The first kappa shape index (κ1) is 21.5. The van der Waals surface area contributed by atoms with Crippen molar-refractivity contribution >= 4 is 11.9 Å². The lowest BCUT2D eigenvalue weighted by atomic mass is 9.99. The molecular formula is C20H20O10. The van der Waals surface area contributed by atoms with Gasteiger partial charge in [0.1, 0.15) is 42.5 Å². The zero-order valence-electron chi connectivity index (χ0n) is 15.5. The van der Waals surface area contributed by atoms with Gasteiger partial charge in [0.15, 0.2) is 0 Å². The van der Waals surface area contributed by atoms with Crippen LogP contribution in [0.1, 0.15) is 20.7 Å². The molecule has 1 saturated heterocycles. The normalized spacial score (nSPS) is 26.0. The van der Waals surface area contributed by atoms with Crippen molar-refractivity contribution in [1.29, 1.82) is 0 Å². The second kappa shape index (κ2) is 9.09. The molecule has 0 aliphatic carbocycles. The van der Waals surface area contributed by atoms with E-state index in [1.165, 1.54) is 48.5 Å². The van der Waals surface area contributed by atoms with Crippen LogP contribution in [0.4, 0.5) is 0 Å². The number of ether oxygens (including phenoxy) is 3. The van der Waals surface area contributed by atoms with E-state index in [0.29, 0.717) is 0 Å². The first-order chi connectivity index (χ1) is 14.3. The van der Waals surface area contributed by atoms with Gasteiger partial charge in [0.05, 0.1) is 11.1 Å². The van der Waals surface area contributed by atoms with Gasteiger partial charge in [-0.15, -0.1) is 0 Å². The Morgan fingerprint density at radius 1 is 0.767 bits per heavy atom. The minimum atomic E-state index is -1.75. The number of phenols is 2. The molecular weight excluding hydrogens is 400 g/mol. The predicted octanol–water partition coefficient (Wildman–Crippen LogP) is -0.0808. The number of esters is 2. The number of hydrogen-bond acceptors (Lipinski definition) is 10. The number of phenolic OH excluding ortho intramolecular Hbond substituents is 2. The van der Waals surface area contributed by atoms with Crippen LogP contribution in [0, 0.1) is 0 Å². The predicted molar refractivity (Wildman–Crippen MR) is 98.6 cm³/mol. The van der Waals surface area contributed by atoms with Crippen LogP contribution in [0.5, 0.6) is 11.5 Å². The summed E-state index contributed by atoms with van der Waals surface area (Å²) in [6.45, 7) is -0.502. The second-order valence-corrected chi connectivity index (χ2v) is 6.61.